The number of halogens is 2. The van der Waals surface area contributed by atoms with Gasteiger partial charge in [-0.3, -0.25) is 0 Å². The summed E-state index contributed by atoms with van der Waals surface area (Å²) in [6.45, 7) is -0.0629. The summed E-state index contributed by atoms with van der Waals surface area (Å²) in [4.78, 5) is 11.5. The third-order valence-electron chi connectivity index (χ3n) is 2.98. The lowest BCUT2D eigenvalue weighted by molar-refractivity contribution is 0.126. The molecule has 1 amide bonds. The molecule has 0 heterocycles. The Morgan fingerprint density at radius 3 is 2.55 bits per heavy atom. The van der Waals surface area contributed by atoms with Crippen molar-refractivity contribution in [3.63, 3.8) is 0 Å². The second kappa shape index (κ2) is 7.51. The maximum atomic E-state index is 13.0. The smallest absolute Gasteiger partial charge is 0.407 e. The molecule has 0 fully saturated rings. The van der Waals surface area contributed by atoms with Crippen molar-refractivity contribution in [2.24, 2.45) is 0 Å². The molecule has 2 aromatic carbocycles. The van der Waals surface area contributed by atoms with Crippen LogP contribution >= 0.6 is 0 Å². The van der Waals surface area contributed by atoms with Crippen molar-refractivity contribution >= 4 is 6.09 Å². The maximum absolute atomic E-state index is 13.0. The zero-order valence-corrected chi connectivity index (χ0v) is 11.6. The Balaban J connectivity index is 1.79. The highest BCUT2D eigenvalue weighted by Gasteiger charge is 2.12. The van der Waals surface area contributed by atoms with E-state index in [0.717, 1.165) is 17.7 Å². The molecule has 22 heavy (non-hydrogen) atoms. The van der Waals surface area contributed by atoms with Crippen molar-refractivity contribution in [3.05, 3.63) is 71.3 Å². The molecule has 0 aliphatic rings. The van der Waals surface area contributed by atoms with Crippen LogP contribution < -0.4 is 5.32 Å². The predicted octanol–water partition coefficient (Wildman–Crippen LogP) is 2.92. The highest BCUT2D eigenvalue weighted by Crippen LogP contribution is 2.15. The molecule has 116 valence electrons. The third kappa shape index (κ3) is 4.53. The van der Waals surface area contributed by atoms with Crippen molar-refractivity contribution < 1.29 is 23.4 Å². The summed E-state index contributed by atoms with van der Waals surface area (Å²) < 4.78 is 30.8. The molecule has 0 aliphatic carbocycles. The Morgan fingerprint density at radius 1 is 1.14 bits per heavy atom. The van der Waals surface area contributed by atoms with Gasteiger partial charge in [-0.15, -0.1) is 0 Å². The van der Waals surface area contributed by atoms with Crippen molar-refractivity contribution in [2.45, 2.75) is 12.7 Å². The molecule has 0 saturated heterocycles. The molecule has 0 bridgehead atoms. The number of alkyl carbamates (subject to hydrolysis) is 1. The molecular formula is C16H15F2NO3. The van der Waals surface area contributed by atoms with Crippen LogP contribution in [0.5, 0.6) is 0 Å². The van der Waals surface area contributed by atoms with Crippen molar-refractivity contribution in [1.29, 1.82) is 0 Å². The van der Waals surface area contributed by atoms with Gasteiger partial charge in [0.05, 0.1) is 12.6 Å². The standard InChI is InChI=1S/C16H15F2NO3/c17-13-7-6-12(8-14(13)18)15(20)9-19-16(21)22-10-11-4-2-1-3-5-11/h1-8,15,20H,9-10H2,(H,19,21). The lowest BCUT2D eigenvalue weighted by Crippen LogP contribution is -2.29. The molecule has 1 atom stereocenters. The zero-order chi connectivity index (χ0) is 15.9. The van der Waals surface area contributed by atoms with E-state index in [1.165, 1.54) is 6.07 Å². The number of aliphatic hydroxyl groups excluding tert-OH is 1. The summed E-state index contributed by atoms with van der Waals surface area (Å²) in [5, 5.41) is 12.2. The number of nitrogens with one attached hydrogen (secondary N) is 1. The number of hydrogen-bond acceptors (Lipinski definition) is 3. The van der Waals surface area contributed by atoms with Gasteiger partial charge in [0.25, 0.3) is 0 Å². The summed E-state index contributed by atoms with van der Waals surface area (Å²) in [6, 6.07) is 12.2. The van der Waals surface area contributed by atoms with Crippen molar-refractivity contribution in [1.82, 2.24) is 5.32 Å². The van der Waals surface area contributed by atoms with E-state index in [0.29, 0.717) is 0 Å². The first-order valence-corrected chi connectivity index (χ1v) is 6.64. The number of ether oxygens (including phenoxy) is 1. The van der Waals surface area contributed by atoms with E-state index in [2.05, 4.69) is 5.32 Å². The molecule has 1 unspecified atom stereocenters. The van der Waals surface area contributed by atoms with Gasteiger partial charge in [0.2, 0.25) is 0 Å². The number of benzene rings is 2. The maximum Gasteiger partial charge on any atom is 0.407 e. The molecule has 0 radical (unpaired) electrons. The number of aliphatic hydroxyl groups is 1. The first kappa shape index (κ1) is 15.9. The molecule has 6 heteroatoms. The highest BCUT2D eigenvalue weighted by molar-refractivity contribution is 5.67. The summed E-state index contributed by atoms with van der Waals surface area (Å²) in [5.41, 5.74) is 1.00. The van der Waals surface area contributed by atoms with Crippen LogP contribution in [-0.2, 0) is 11.3 Å². The Kier molecular flexibility index (Phi) is 5.43. The van der Waals surface area contributed by atoms with Crippen molar-refractivity contribution in [2.75, 3.05) is 6.54 Å². The van der Waals surface area contributed by atoms with E-state index in [9.17, 15) is 18.7 Å². The van der Waals surface area contributed by atoms with Crippen LogP contribution in [0.1, 0.15) is 17.2 Å². The minimum absolute atomic E-state index is 0.105. The Bertz CT molecular complexity index is 635. The van der Waals surface area contributed by atoms with Gasteiger partial charge < -0.3 is 15.2 Å². The molecule has 2 aromatic rings. The van der Waals surface area contributed by atoms with Crippen LogP contribution in [0.25, 0.3) is 0 Å². The van der Waals surface area contributed by atoms with Crippen LogP contribution in [0.3, 0.4) is 0 Å². The van der Waals surface area contributed by atoms with Gasteiger partial charge in [0, 0.05) is 0 Å². The van der Waals surface area contributed by atoms with Crippen LogP contribution in [-0.4, -0.2) is 17.7 Å². The fourth-order valence-electron chi connectivity index (χ4n) is 1.79. The van der Waals surface area contributed by atoms with Gasteiger partial charge in [-0.05, 0) is 23.3 Å². The van der Waals surface area contributed by atoms with Gasteiger partial charge >= 0.3 is 6.09 Å². The molecule has 0 saturated carbocycles. The van der Waals surface area contributed by atoms with Crippen LogP contribution in [0.15, 0.2) is 48.5 Å². The summed E-state index contributed by atoms with van der Waals surface area (Å²) in [6.07, 6.45) is -1.86. The normalized spacial score (nSPS) is 11.8. The Morgan fingerprint density at radius 2 is 1.86 bits per heavy atom. The SMILES string of the molecule is O=C(NCC(O)c1ccc(F)c(F)c1)OCc1ccccc1. The van der Waals surface area contributed by atoms with Crippen LogP contribution in [0.2, 0.25) is 0 Å². The Hall–Kier alpha value is -2.47. The van der Waals surface area contributed by atoms with Gasteiger partial charge in [-0.25, -0.2) is 13.6 Å². The van der Waals surface area contributed by atoms with Crippen molar-refractivity contribution in [3.8, 4) is 0 Å². The van der Waals surface area contributed by atoms with E-state index in [-0.39, 0.29) is 18.7 Å². The molecule has 0 spiro atoms. The first-order chi connectivity index (χ1) is 10.6. The molecule has 2 rings (SSSR count). The van der Waals surface area contributed by atoms with E-state index >= 15 is 0 Å². The van der Waals surface area contributed by atoms with Gasteiger partial charge in [0.1, 0.15) is 6.61 Å². The predicted molar refractivity (Wildman–Crippen MR) is 75.9 cm³/mol. The number of carbonyl (C=O) groups is 1. The zero-order valence-electron chi connectivity index (χ0n) is 11.6. The van der Waals surface area contributed by atoms with E-state index in [1.54, 1.807) is 0 Å². The number of carbonyl (C=O) groups excluding carboxylic acids is 1. The fourth-order valence-corrected chi connectivity index (χ4v) is 1.79. The molecule has 0 aliphatic heterocycles. The van der Waals surface area contributed by atoms with Gasteiger partial charge in [-0.1, -0.05) is 36.4 Å². The third-order valence-corrected chi connectivity index (χ3v) is 2.98. The summed E-state index contributed by atoms with van der Waals surface area (Å²) >= 11 is 0. The molecule has 2 N–H and O–H groups in total. The minimum Gasteiger partial charge on any atom is -0.445 e. The van der Waals surface area contributed by atoms with Gasteiger partial charge in [0.15, 0.2) is 11.6 Å². The monoisotopic (exact) mass is 307 g/mol. The highest BCUT2D eigenvalue weighted by atomic mass is 19.2. The molecular weight excluding hydrogens is 292 g/mol. The average Bonchev–Trinajstić information content (AvgIpc) is 2.54. The van der Waals surface area contributed by atoms with Crippen LogP contribution in [0.4, 0.5) is 13.6 Å². The number of hydrogen-bond donors (Lipinski definition) is 2. The average molecular weight is 307 g/mol. The second-order valence-corrected chi connectivity index (χ2v) is 4.63. The lowest BCUT2D eigenvalue weighted by atomic mass is 10.1. The number of rotatable bonds is 5. The molecule has 4 nitrogen and oxygen atoms in total. The quantitative estimate of drug-likeness (QED) is 0.893. The topological polar surface area (TPSA) is 58.6 Å². The van der Waals surface area contributed by atoms with E-state index < -0.39 is 23.8 Å². The Labute approximate surface area is 126 Å². The second-order valence-electron chi connectivity index (χ2n) is 4.63. The molecule has 0 aromatic heterocycles. The largest absolute Gasteiger partial charge is 0.445 e. The fraction of sp³-hybridized carbons (Fsp3) is 0.188. The first-order valence-electron chi connectivity index (χ1n) is 6.64. The van der Waals surface area contributed by atoms with E-state index in [4.69, 9.17) is 4.74 Å². The number of amides is 1. The van der Waals surface area contributed by atoms with Crippen LogP contribution in [0, 0.1) is 11.6 Å². The summed E-state index contributed by atoms with van der Waals surface area (Å²) in [5.74, 6) is -2.05. The minimum atomic E-state index is -1.15. The van der Waals surface area contributed by atoms with Gasteiger partial charge in [-0.2, -0.15) is 0 Å². The lowest BCUT2D eigenvalue weighted by Gasteiger charge is -2.12. The summed E-state index contributed by atoms with van der Waals surface area (Å²) in [7, 11) is 0. The van der Waals surface area contributed by atoms with E-state index in [1.807, 2.05) is 30.3 Å².